The smallest absolute Gasteiger partial charge is 0.324 e. The summed E-state index contributed by atoms with van der Waals surface area (Å²) in [5, 5.41) is 6.40. The Balaban J connectivity index is 1.33. The Labute approximate surface area is 179 Å². The molecule has 5 rings (SSSR count). The van der Waals surface area contributed by atoms with Crippen molar-refractivity contribution in [2.75, 3.05) is 19.6 Å². The number of hydrogen-bond donors (Lipinski definition) is 2. The third-order valence-corrected chi connectivity index (χ3v) is 9.67. The summed E-state index contributed by atoms with van der Waals surface area (Å²) in [5.41, 5.74) is 0.112. The van der Waals surface area contributed by atoms with E-state index in [2.05, 4.69) is 24.5 Å². The molecule has 0 bridgehead atoms. The minimum Gasteiger partial charge on any atom is -0.461 e. The van der Waals surface area contributed by atoms with Crippen LogP contribution in [0.3, 0.4) is 0 Å². The van der Waals surface area contributed by atoms with E-state index in [1.54, 1.807) is 0 Å². The first-order valence-electron chi connectivity index (χ1n) is 12.1. The summed E-state index contributed by atoms with van der Waals surface area (Å²) in [6, 6.07) is -0.321. The van der Waals surface area contributed by atoms with Gasteiger partial charge in [0.25, 0.3) is 0 Å². The molecule has 1 heterocycles. The van der Waals surface area contributed by atoms with Gasteiger partial charge in [0.05, 0.1) is 0 Å². The van der Waals surface area contributed by atoms with E-state index in [1.165, 1.54) is 19.3 Å². The van der Waals surface area contributed by atoms with Gasteiger partial charge in [-0.3, -0.25) is 14.4 Å². The maximum Gasteiger partial charge on any atom is 0.324 e. The lowest BCUT2D eigenvalue weighted by molar-refractivity contribution is -0.175. The molecule has 8 atom stereocenters. The first-order chi connectivity index (χ1) is 14.3. The Kier molecular flexibility index (Phi) is 5.09. The molecule has 5 fully saturated rings. The van der Waals surface area contributed by atoms with Crippen LogP contribution in [0.2, 0.25) is 0 Å². The topological polar surface area (TPSA) is 84.5 Å². The average Bonchev–Trinajstić information content (AvgIpc) is 3.15. The Morgan fingerprint density at radius 2 is 1.83 bits per heavy atom. The predicted molar refractivity (Wildman–Crippen MR) is 112 cm³/mol. The number of esters is 1. The van der Waals surface area contributed by atoms with Crippen LogP contribution in [0.4, 0.5) is 0 Å². The number of ketones is 2. The highest BCUT2D eigenvalue weighted by Gasteiger charge is 2.64. The van der Waals surface area contributed by atoms with Crippen molar-refractivity contribution in [3.63, 3.8) is 0 Å². The lowest BCUT2D eigenvalue weighted by atomic mass is 9.44. The second-order valence-corrected chi connectivity index (χ2v) is 11.2. The molecule has 0 aromatic carbocycles. The zero-order valence-corrected chi connectivity index (χ0v) is 18.4. The van der Waals surface area contributed by atoms with Crippen molar-refractivity contribution in [2.45, 2.75) is 77.4 Å². The normalized spacial score (nSPS) is 48.5. The van der Waals surface area contributed by atoms with Gasteiger partial charge in [-0.1, -0.05) is 20.3 Å². The van der Waals surface area contributed by atoms with E-state index in [-0.39, 0.29) is 52.3 Å². The second kappa shape index (κ2) is 7.40. The van der Waals surface area contributed by atoms with Crippen LogP contribution < -0.4 is 10.6 Å². The molecule has 6 heteroatoms. The van der Waals surface area contributed by atoms with Crippen LogP contribution in [0.1, 0.15) is 65.2 Å². The predicted octanol–water partition coefficient (Wildman–Crippen LogP) is 2.25. The van der Waals surface area contributed by atoms with Crippen LogP contribution >= 0.6 is 0 Å². The molecule has 1 aliphatic heterocycles. The van der Waals surface area contributed by atoms with Gasteiger partial charge in [-0.15, -0.1) is 0 Å². The summed E-state index contributed by atoms with van der Waals surface area (Å²) >= 11 is 0. The van der Waals surface area contributed by atoms with E-state index in [0.29, 0.717) is 24.8 Å². The van der Waals surface area contributed by atoms with Gasteiger partial charge in [0, 0.05) is 31.5 Å². The molecule has 4 saturated carbocycles. The summed E-state index contributed by atoms with van der Waals surface area (Å²) in [6.07, 6.45) is 7.65. The Hall–Kier alpha value is -1.27. The maximum absolute atomic E-state index is 13.3. The number of piperazine rings is 1. The highest BCUT2D eigenvalue weighted by Crippen LogP contribution is 2.64. The van der Waals surface area contributed by atoms with Gasteiger partial charge in [0.2, 0.25) is 11.6 Å². The van der Waals surface area contributed by atoms with Crippen molar-refractivity contribution in [1.82, 2.24) is 10.6 Å². The number of ether oxygens (including phenoxy) is 1. The molecule has 2 N–H and O–H groups in total. The number of nitrogens with one attached hydrogen (secondary N) is 2. The van der Waals surface area contributed by atoms with E-state index >= 15 is 0 Å². The van der Waals surface area contributed by atoms with Crippen LogP contribution in [0, 0.1) is 34.5 Å². The molecule has 0 radical (unpaired) electrons. The van der Waals surface area contributed by atoms with Crippen molar-refractivity contribution in [3.8, 4) is 0 Å². The van der Waals surface area contributed by atoms with Gasteiger partial charge in [-0.25, -0.2) is 0 Å². The molecule has 3 unspecified atom stereocenters. The zero-order chi connectivity index (χ0) is 21.1. The number of fused-ring (bicyclic) bond motifs is 5. The van der Waals surface area contributed by atoms with Gasteiger partial charge in [0.1, 0.15) is 12.1 Å². The first kappa shape index (κ1) is 20.6. The van der Waals surface area contributed by atoms with E-state index in [0.717, 1.165) is 38.8 Å². The fraction of sp³-hybridized carbons (Fsp3) is 0.875. The summed E-state index contributed by atoms with van der Waals surface area (Å²) < 4.78 is 5.82. The molecular weight excluding hydrogens is 380 g/mol. The number of Topliss-reactive ketones (excluding diaryl/α,β-unsaturated/α-hetero) is 2. The van der Waals surface area contributed by atoms with Gasteiger partial charge in [-0.2, -0.15) is 0 Å². The van der Waals surface area contributed by atoms with Crippen LogP contribution in [0.15, 0.2) is 0 Å². The molecule has 0 amide bonds. The molecule has 0 aromatic heterocycles. The zero-order valence-electron chi connectivity index (χ0n) is 18.4. The summed E-state index contributed by atoms with van der Waals surface area (Å²) in [5.74, 6) is -0.186. The highest BCUT2D eigenvalue weighted by molar-refractivity contribution is 6.39. The molecule has 5 aliphatic rings. The van der Waals surface area contributed by atoms with E-state index in [9.17, 15) is 14.4 Å². The molecule has 0 spiro atoms. The van der Waals surface area contributed by atoms with Gasteiger partial charge in [0.15, 0.2) is 0 Å². The monoisotopic (exact) mass is 416 g/mol. The molecule has 166 valence electrons. The fourth-order valence-electron chi connectivity index (χ4n) is 7.89. The molecule has 0 aromatic rings. The summed E-state index contributed by atoms with van der Waals surface area (Å²) in [6.45, 7) is 6.78. The third kappa shape index (κ3) is 3.09. The summed E-state index contributed by atoms with van der Waals surface area (Å²) in [4.78, 5) is 39.2. The minimum atomic E-state index is -0.321. The lowest BCUT2D eigenvalue weighted by Gasteiger charge is -2.58. The molecular formula is C24H36N2O4. The standard InChI is InChI=1S/C24H36N2O4/c1-23-7-3-4-15(23)19-16(6-8-23)24(2)9-5-14(12-17(24)20(27)21(19)28)30-22(29)18-13-25-10-11-26-18/h14-19,25-26H,3-13H2,1-2H3/t14?,15-,16+,17?,18?,19-,23-,24+/m0/s1. The largest absolute Gasteiger partial charge is 0.461 e. The molecule has 4 aliphatic carbocycles. The maximum atomic E-state index is 13.3. The van der Waals surface area contributed by atoms with Crippen molar-refractivity contribution < 1.29 is 19.1 Å². The van der Waals surface area contributed by atoms with Gasteiger partial charge in [-0.05, 0) is 67.6 Å². The molecule has 1 saturated heterocycles. The lowest BCUT2D eigenvalue weighted by Crippen LogP contribution is -2.61. The first-order valence-corrected chi connectivity index (χ1v) is 12.1. The number of rotatable bonds is 2. The second-order valence-electron chi connectivity index (χ2n) is 11.2. The molecule has 30 heavy (non-hydrogen) atoms. The third-order valence-electron chi connectivity index (χ3n) is 9.67. The fourth-order valence-corrected chi connectivity index (χ4v) is 7.89. The van der Waals surface area contributed by atoms with Crippen molar-refractivity contribution in [3.05, 3.63) is 0 Å². The van der Waals surface area contributed by atoms with Crippen LogP contribution in [-0.4, -0.2) is 49.3 Å². The van der Waals surface area contributed by atoms with Crippen LogP contribution in [0.25, 0.3) is 0 Å². The SMILES string of the molecule is C[C@@]12CCC[C@H]1[C@@H]1C(=O)C(=O)C3CC(OC(=O)C4CNCCN4)CC[C@]3(C)[C@@H]1CC2. The highest BCUT2D eigenvalue weighted by atomic mass is 16.5. The number of carbonyl (C=O) groups is 3. The average molecular weight is 417 g/mol. The van der Waals surface area contributed by atoms with Crippen LogP contribution in [-0.2, 0) is 19.1 Å². The van der Waals surface area contributed by atoms with E-state index in [1.807, 2.05) is 0 Å². The van der Waals surface area contributed by atoms with Crippen molar-refractivity contribution in [1.29, 1.82) is 0 Å². The molecule has 6 nitrogen and oxygen atoms in total. The Bertz CT molecular complexity index is 747. The Morgan fingerprint density at radius 1 is 1.00 bits per heavy atom. The van der Waals surface area contributed by atoms with Gasteiger partial charge < -0.3 is 15.4 Å². The van der Waals surface area contributed by atoms with E-state index < -0.39 is 0 Å². The number of hydrogen-bond acceptors (Lipinski definition) is 6. The summed E-state index contributed by atoms with van der Waals surface area (Å²) in [7, 11) is 0. The number of carbonyl (C=O) groups excluding carboxylic acids is 3. The Morgan fingerprint density at radius 3 is 2.60 bits per heavy atom. The van der Waals surface area contributed by atoms with Gasteiger partial charge >= 0.3 is 5.97 Å². The van der Waals surface area contributed by atoms with Crippen molar-refractivity contribution >= 4 is 17.5 Å². The quantitative estimate of drug-likeness (QED) is 0.531. The minimum absolute atomic E-state index is 0.0726. The van der Waals surface area contributed by atoms with Crippen LogP contribution in [0.5, 0.6) is 0 Å². The van der Waals surface area contributed by atoms with E-state index in [4.69, 9.17) is 4.74 Å². The van der Waals surface area contributed by atoms with Crippen molar-refractivity contribution in [2.24, 2.45) is 34.5 Å².